The van der Waals surface area contributed by atoms with Crippen LogP contribution in [0, 0.1) is 17.2 Å². The average molecular weight is 241 g/mol. The van der Waals surface area contributed by atoms with Crippen LogP contribution in [-0.2, 0) is 14.3 Å². The van der Waals surface area contributed by atoms with E-state index in [0.717, 1.165) is 12.8 Å². The molecule has 0 radical (unpaired) electrons. The molecule has 0 rings (SSSR count). The highest BCUT2D eigenvalue weighted by Crippen LogP contribution is 2.14. The van der Waals surface area contributed by atoms with E-state index >= 15 is 0 Å². The summed E-state index contributed by atoms with van der Waals surface area (Å²) in [5.41, 5.74) is 0. The lowest BCUT2D eigenvalue weighted by Gasteiger charge is -2.13. The zero-order valence-corrected chi connectivity index (χ0v) is 11.2. The van der Waals surface area contributed by atoms with Crippen LogP contribution in [0.25, 0.3) is 0 Å². The lowest BCUT2D eigenvalue weighted by molar-refractivity contribution is -0.145. The van der Waals surface area contributed by atoms with E-state index in [1.807, 2.05) is 13.8 Å². The van der Waals surface area contributed by atoms with Crippen molar-refractivity contribution in [2.45, 2.75) is 33.6 Å². The molecule has 0 aromatic heterocycles. The van der Waals surface area contributed by atoms with Gasteiger partial charge in [0.2, 0.25) is 5.90 Å². The van der Waals surface area contributed by atoms with Crippen molar-refractivity contribution in [2.75, 3.05) is 13.7 Å². The predicted molar refractivity (Wildman–Crippen MR) is 68.1 cm³/mol. The van der Waals surface area contributed by atoms with E-state index in [1.54, 1.807) is 6.08 Å². The van der Waals surface area contributed by atoms with Crippen LogP contribution in [-0.4, -0.2) is 25.6 Å². The van der Waals surface area contributed by atoms with E-state index in [2.05, 4.69) is 6.92 Å². The quantitative estimate of drug-likeness (QED) is 0.323. The van der Waals surface area contributed by atoms with Gasteiger partial charge in [0, 0.05) is 0 Å². The first-order chi connectivity index (χ1) is 8.02. The molecule has 0 spiro atoms. The minimum absolute atomic E-state index is 0.0907. The van der Waals surface area contributed by atoms with Crippen LogP contribution < -0.4 is 0 Å². The molecule has 1 atom stereocenters. The minimum Gasteiger partial charge on any atom is -0.478 e. The summed E-state index contributed by atoms with van der Waals surface area (Å²) >= 11 is 0. The molecule has 0 aliphatic rings. The van der Waals surface area contributed by atoms with E-state index in [-0.39, 0.29) is 23.7 Å². The van der Waals surface area contributed by atoms with E-state index in [0.29, 0.717) is 6.61 Å². The maximum Gasteiger partial charge on any atom is 0.312 e. The van der Waals surface area contributed by atoms with Crippen LogP contribution in [0.5, 0.6) is 0 Å². The van der Waals surface area contributed by atoms with E-state index in [1.165, 1.54) is 13.2 Å². The number of carbonyl (C=O) groups is 1. The van der Waals surface area contributed by atoms with Crippen molar-refractivity contribution >= 4 is 11.9 Å². The van der Waals surface area contributed by atoms with Crippen molar-refractivity contribution in [3.05, 3.63) is 12.2 Å². The number of nitrogens with one attached hydrogen (secondary N) is 1. The molecule has 1 unspecified atom stereocenters. The fourth-order valence-electron chi connectivity index (χ4n) is 1.27. The lowest BCUT2D eigenvalue weighted by Crippen LogP contribution is -2.19. The molecule has 0 aromatic rings. The van der Waals surface area contributed by atoms with Crippen LogP contribution in [0.3, 0.4) is 0 Å². The second kappa shape index (κ2) is 8.79. The topological polar surface area (TPSA) is 59.4 Å². The summed E-state index contributed by atoms with van der Waals surface area (Å²) in [5.74, 6) is -0.372. The maximum atomic E-state index is 11.4. The van der Waals surface area contributed by atoms with E-state index in [4.69, 9.17) is 14.9 Å². The summed E-state index contributed by atoms with van der Waals surface area (Å²) in [5, 5.41) is 7.54. The van der Waals surface area contributed by atoms with Crippen LogP contribution in [0.2, 0.25) is 0 Å². The van der Waals surface area contributed by atoms with Gasteiger partial charge < -0.3 is 9.47 Å². The summed E-state index contributed by atoms with van der Waals surface area (Å²) < 4.78 is 9.87. The Bertz CT molecular complexity index is 272. The Morgan fingerprint density at radius 3 is 2.53 bits per heavy atom. The summed E-state index contributed by atoms with van der Waals surface area (Å²) in [6, 6.07) is 0. The molecule has 1 N–H and O–H groups in total. The third-order valence-electron chi connectivity index (χ3n) is 2.40. The molecule has 0 fully saturated rings. The number of ether oxygens (including phenoxy) is 2. The van der Waals surface area contributed by atoms with Gasteiger partial charge in [-0.05, 0) is 18.4 Å². The Morgan fingerprint density at radius 1 is 1.41 bits per heavy atom. The van der Waals surface area contributed by atoms with Crippen molar-refractivity contribution in [3.63, 3.8) is 0 Å². The van der Waals surface area contributed by atoms with Gasteiger partial charge in [-0.2, -0.15) is 0 Å². The fraction of sp³-hybridized carbons (Fsp3) is 0.692. The second-order valence-corrected chi connectivity index (χ2v) is 4.22. The van der Waals surface area contributed by atoms with Crippen LogP contribution >= 0.6 is 0 Å². The lowest BCUT2D eigenvalue weighted by atomic mass is 9.95. The molecule has 0 saturated carbocycles. The molecule has 0 bridgehead atoms. The van der Waals surface area contributed by atoms with Gasteiger partial charge in [0.1, 0.15) is 0 Å². The molecule has 0 aliphatic heterocycles. The zero-order valence-electron chi connectivity index (χ0n) is 11.2. The second-order valence-electron chi connectivity index (χ2n) is 4.22. The first kappa shape index (κ1) is 15.7. The fourth-order valence-corrected chi connectivity index (χ4v) is 1.27. The van der Waals surface area contributed by atoms with Gasteiger partial charge in [0.25, 0.3) is 0 Å². The van der Waals surface area contributed by atoms with Gasteiger partial charge >= 0.3 is 5.97 Å². The first-order valence-corrected chi connectivity index (χ1v) is 6.00. The van der Waals surface area contributed by atoms with Gasteiger partial charge in [0.15, 0.2) is 0 Å². The van der Waals surface area contributed by atoms with Gasteiger partial charge in [-0.3, -0.25) is 10.2 Å². The highest BCUT2D eigenvalue weighted by molar-refractivity contribution is 5.86. The van der Waals surface area contributed by atoms with Crippen molar-refractivity contribution < 1.29 is 14.3 Å². The first-order valence-electron chi connectivity index (χ1n) is 6.00. The predicted octanol–water partition coefficient (Wildman–Crippen LogP) is 2.78. The molecule has 98 valence electrons. The third kappa shape index (κ3) is 6.76. The molecule has 0 amide bonds. The van der Waals surface area contributed by atoms with Gasteiger partial charge in [-0.1, -0.05) is 33.3 Å². The monoisotopic (exact) mass is 241 g/mol. The Kier molecular flexibility index (Phi) is 8.11. The van der Waals surface area contributed by atoms with Crippen LogP contribution in [0.15, 0.2) is 12.2 Å². The molecule has 0 aliphatic carbocycles. The van der Waals surface area contributed by atoms with Crippen LogP contribution in [0.1, 0.15) is 33.6 Å². The normalized spacial score (nSPS) is 12.8. The van der Waals surface area contributed by atoms with Gasteiger partial charge in [-0.25, -0.2) is 0 Å². The van der Waals surface area contributed by atoms with Gasteiger partial charge in [0.05, 0.1) is 19.6 Å². The molecule has 0 aromatic carbocycles. The Hall–Kier alpha value is -1.32. The summed E-state index contributed by atoms with van der Waals surface area (Å²) in [6.45, 7) is 6.49. The highest BCUT2D eigenvalue weighted by Gasteiger charge is 2.19. The summed E-state index contributed by atoms with van der Waals surface area (Å²) in [6.07, 6.45) is 5.16. The van der Waals surface area contributed by atoms with E-state index in [9.17, 15) is 4.79 Å². The molecule has 0 heterocycles. The highest BCUT2D eigenvalue weighted by atomic mass is 16.5. The van der Waals surface area contributed by atoms with Crippen LogP contribution in [0.4, 0.5) is 0 Å². The molecular formula is C13H23NO3. The van der Waals surface area contributed by atoms with Crippen molar-refractivity contribution in [2.24, 2.45) is 11.8 Å². The number of esters is 1. The smallest absolute Gasteiger partial charge is 0.312 e. The van der Waals surface area contributed by atoms with Crippen molar-refractivity contribution in [3.8, 4) is 0 Å². The molecular weight excluding hydrogens is 218 g/mol. The number of carbonyl (C=O) groups excluding carboxylic acids is 1. The number of rotatable bonds is 7. The third-order valence-corrected chi connectivity index (χ3v) is 2.40. The maximum absolute atomic E-state index is 11.4. The Labute approximate surface area is 104 Å². The molecule has 0 saturated heterocycles. The Morgan fingerprint density at radius 2 is 2.06 bits per heavy atom. The molecule has 4 nitrogen and oxygen atoms in total. The number of unbranched alkanes of at least 4 members (excludes halogenated alkanes) is 1. The molecule has 17 heavy (non-hydrogen) atoms. The SMILES string of the molecule is CCCCOC(=N)C=CC(C(=O)OC)C(C)C. The van der Waals surface area contributed by atoms with Gasteiger partial charge in [-0.15, -0.1) is 0 Å². The number of hydrogen-bond acceptors (Lipinski definition) is 4. The number of hydrogen-bond donors (Lipinski definition) is 1. The van der Waals surface area contributed by atoms with E-state index < -0.39 is 0 Å². The standard InChI is InChI=1S/C13H23NO3/c1-5-6-9-17-12(14)8-7-11(10(2)3)13(15)16-4/h7-8,10-11,14H,5-6,9H2,1-4H3. The van der Waals surface area contributed by atoms with Crippen molar-refractivity contribution in [1.29, 1.82) is 5.41 Å². The number of methoxy groups -OCH3 is 1. The van der Waals surface area contributed by atoms with Crippen molar-refractivity contribution in [1.82, 2.24) is 0 Å². The minimum atomic E-state index is -0.324. The Balaban J connectivity index is 4.25. The summed E-state index contributed by atoms with van der Waals surface area (Å²) in [4.78, 5) is 11.4. The molecule has 4 heteroatoms. The average Bonchev–Trinajstić information content (AvgIpc) is 2.28. The largest absolute Gasteiger partial charge is 0.478 e. The zero-order chi connectivity index (χ0) is 13.3. The summed E-state index contributed by atoms with van der Waals surface area (Å²) in [7, 11) is 1.37.